The van der Waals surface area contributed by atoms with E-state index in [0.29, 0.717) is 24.2 Å². The SMILES string of the molecule is Cc1c(OC/C=C/C2CCCC2)ccc(OC/C=C/C2CC2)c1OC(F)(F)F. The van der Waals surface area contributed by atoms with Crippen molar-refractivity contribution in [1.82, 2.24) is 0 Å². The molecule has 2 aliphatic rings. The summed E-state index contributed by atoms with van der Waals surface area (Å²) in [7, 11) is 0. The molecule has 28 heavy (non-hydrogen) atoms. The van der Waals surface area contributed by atoms with E-state index in [1.165, 1.54) is 44.6 Å². The quantitative estimate of drug-likeness (QED) is 0.454. The lowest BCUT2D eigenvalue weighted by atomic mass is 10.1. The first-order chi connectivity index (χ1) is 13.4. The van der Waals surface area contributed by atoms with E-state index in [0.717, 1.165) is 0 Å². The molecule has 3 rings (SSSR count). The molecule has 0 bridgehead atoms. The average molecular weight is 396 g/mol. The Hall–Kier alpha value is -2.11. The molecule has 0 radical (unpaired) electrons. The first-order valence-electron chi connectivity index (χ1n) is 9.90. The van der Waals surface area contributed by atoms with E-state index in [9.17, 15) is 13.2 Å². The monoisotopic (exact) mass is 396 g/mol. The second-order valence-corrected chi connectivity index (χ2v) is 7.42. The molecule has 6 heteroatoms. The summed E-state index contributed by atoms with van der Waals surface area (Å²) in [6.45, 7) is 2.06. The van der Waals surface area contributed by atoms with Crippen molar-refractivity contribution in [3.8, 4) is 17.2 Å². The molecule has 0 atom stereocenters. The molecule has 3 nitrogen and oxygen atoms in total. The zero-order valence-electron chi connectivity index (χ0n) is 16.1. The lowest BCUT2D eigenvalue weighted by Gasteiger charge is -2.18. The van der Waals surface area contributed by atoms with Crippen LogP contribution in [-0.2, 0) is 0 Å². The summed E-state index contributed by atoms with van der Waals surface area (Å²) in [6.07, 6.45) is 10.4. The molecule has 0 amide bonds. The largest absolute Gasteiger partial charge is 0.573 e. The zero-order chi connectivity index (χ0) is 20.0. The highest BCUT2D eigenvalue weighted by Gasteiger charge is 2.34. The van der Waals surface area contributed by atoms with Gasteiger partial charge in [0.2, 0.25) is 0 Å². The second kappa shape index (κ2) is 9.39. The summed E-state index contributed by atoms with van der Waals surface area (Å²) in [4.78, 5) is 0. The van der Waals surface area contributed by atoms with E-state index < -0.39 is 6.36 Å². The van der Waals surface area contributed by atoms with Gasteiger partial charge in [-0.3, -0.25) is 0 Å². The van der Waals surface area contributed by atoms with Gasteiger partial charge in [0.25, 0.3) is 0 Å². The number of benzene rings is 1. The fourth-order valence-corrected chi connectivity index (χ4v) is 3.37. The van der Waals surface area contributed by atoms with Crippen LogP contribution < -0.4 is 14.2 Å². The highest BCUT2D eigenvalue weighted by molar-refractivity contribution is 5.53. The van der Waals surface area contributed by atoms with Gasteiger partial charge in [-0.05, 0) is 56.6 Å². The van der Waals surface area contributed by atoms with E-state index in [2.05, 4.69) is 10.8 Å². The van der Waals surface area contributed by atoms with Crippen LogP contribution >= 0.6 is 0 Å². The molecule has 0 heterocycles. The van der Waals surface area contributed by atoms with Crippen molar-refractivity contribution in [2.24, 2.45) is 11.8 Å². The van der Waals surface area contributed by atoms with Crippen LogP contribution in [0, 0.1) is 18.8 Å². The molecular formula is C22H27F3O3. The maximum atomic E-state index is 12.9. The van der Waals surface area contributed by atoms with Gasteiger partial charge in [-0.1, -0.05) is 37.1 Å². The van der Waals surface area contributed by atoms with Crippen LogP contribution in [-0.4, -0.2) is 19.6 Å². The van der Waals surface area contributed by atoms with Gasteiger partial charge in [-0.2, -0.15) is 0 Å². The minimum atomic E-state index is -4.80. The lowest BCUT2D eigenvalue weighted by Crippen LogP contribution is -2.19. The van der Waals surface area contributed by atoms with Crippen LogP contribution in [0.3, 0.4) is 0 Å². The van der Waals surface area contributed by atoms with Crippen LogP contribution in [0.25, 0.3) is 0 Å². The Morgan fingerprint density at radius 2 is 1.43 bits per heavy atom. The molecular weight excluding hydrogens is 369 g/mol. The summed E-state index contributed by atoms with van der Waals surface area (Å²) in [5.41, 5.74) is 0.273. The number of halogens is 3. The summed E-state index contributed by atoms with van der Waals surface area (Å²) < 4.78 is 54.0. The molecule has 0 aromatic heterocycles. The van der Waals surface area contributed by atoms with Crippen molar-refractivity contribution >= 4 is 0 Å². The first-order valence-corrected chi connectivity index (χ1v) is 9.90. The Morgan fingerprint density at radius 3 is 2.00 bits per heavy atom. The van der Waals surface area contributed by atoms with E-state index in [1.807, 2.05) is 18.2 Å². The van der Waals surface area contributed by atoms with Gasteiger partial charge < -0.3 is 14.2 Å². The third-order valence-corrected chi connectivity index (χ3v) is 5.05. The Morgan fingerprint density at radius 1 is 0.893 bits per heavy atom. The Bertz CT molecular complexity index is 700. The summed E-state index contributed by atoms with van der Waals surface area (Å²) in [6, 6.07) is 3.09. The van der Waals surface area contributed by atoms with Crippen molar-refractivity contribution in [3.05, 3.63) is 42.0 Å². The van der Waals surface area contributed by atoms with Crippen molar-refractivity contribution in [1.29, 1.82) is 0 Å². The van der Waals surface area contributed by atoms with Crippen LogP contribution in [0.2, 0.25) is 0 Å². The average Bonchev–Trinajstić information content (AvgIpc) is 3.31. The fourth-order valence-electron chi connectivity index (χ4n) is 3.37. The van der Waals surface area contributed by atoms with Gasteiger partial charge in [0.05, 0.1) is 0 Å². The number of hydrogen-bond donors (Lipinski definition) is 0. The highest BCUT2D eigenvalue weighted by atomic mass is 19.4. The van der Waals surface area contributed by atoms with E-state index >= 15 is 0 Å². The predicted molar refractivity (Wildman–Crippen MR) is 102 cm³/mol. The van der Waals surface area contributed by atoms with Crippen LogP contribution in [0.5, 0.6) is 17.2 Å². The fraction of sp³-hybridized carbons (Fsp3) is 0.545. The van der Waals surface area contributed by atoms with Gasteiger partial charge in [-0.15, -0.1) is 13.2 Å². The molecule has 0 unspecified atom stereocenters. The van der Waals surface area contributed by atoms with Crippen molar-refractivity contribution in [2.45, 2.75) is 51.8 Å². The van der Waals surface area contributed by atoms with Gasteiger partial charge in [0, 0.05) is 5.56 Å². The van der Waals surface area contributed by atoms with Gasteiger partial charge in [0.15, 0.2) is 11.5 Å². The minimum absolute atomic E-state index is 0.0594. The van der Waals surface area contributed by atoms with Crippen LogP contribution in [0.1, 0.15) is 44.1 Å². The molecule has 2 aliphatic carbocycles. The number of rotatable bonds is 9. The van der Waals surface area contributed by atoms with Crippen LogP contribution in [0.4, 0.5) is 13.2 Å². The third-order valence-electron chi connectivity index (χ3n) is 5.05. The Labute approximate surface area is 164 Å². The third kappa shape index (κ3) is 6.50. The lowest BCUT2D eigenvalue weighted by molar-refractivity contribution is -0.275. The van der Waals surface area contributed by atoms with Gasteiger partial charge >= 0.3 is 6.36 Å². The summed E-state index contributed by atoms with van der Waals surface area (Å²) in [5.74, 6) is 1.25. The molecule has 0 spiro atoms. The summed E-state index contributed by atoms with van der Waals surface area (Å²) >= 11 is 0. The highest BCUT2D eigenvalue weighted by Crippen LogP contribution is 2.40. The Balaban J connectivity index is 1.65. The first kappa shape index (κ1) is 20.6. The van der Waals surface area contributed by atoms with Gasteiger partial charge in [0.1, 0.15) is 19.0 Å². The topological polar surface area (TPSA) is 27.7 Å². The molecule has 0 aliphatic heterocycles. The Kier molecular flexibility index (Phi) is 6.92. The van der Waals surface area contributed by atoms with E-state index in [1.54, 1.807) is 13.0 Å². The summed E-state index contributed by atoms with van der Waals surface area (Å²) in [5, 5.41) is 0. The molecule has 154 valence electrons. The van der Waals surface area contributed by atoms with E-state index in [4.69, 9.17) is 9.47 Å². The molecule has 2 fully saturated rings. The van der Waals surface area contributed by atoms with E-state index in [-0.39, 0.29) is 23.7 Å². The minimum Gasteiger partial charge on any atom is -0.489 e. The maximum Gasteiger partial charge on any atom is 0.573 e. The number of ether oxygens (including phenoxy) is 3. The smallest absolute Gasteiger partial charge is 0.489 e. The maximum absolute atomic E-state index is 12.9. The molecule has 0 saturated heterocycles. The molecule has 1 aromatic rings. The number of allylic oxidation sites excluding steroid dienone is 2. The van der Waals surface area contributed by atoms with Crippen molar-refractivity contribution in [3.63, 3.8) is 0 Å². The molecule has 1 aromatic carbocycles. The normalized spacial score (nSPS) is 18.3. The zero-order valence-corrected chi connectivity index (χ0v) is 16.1. The predicted octanol–water partition coefficient (Wildman–Crippen LogP) is 6.36. The van der Waals surface area contributed by atoms with Crippen LogP contribution in [0.15, 0.2) is 36.4 Å². The molecule has 0 N–H and O–H groups in total. The number of alkyl halides is 3. The second-order valence-electron chi connectivity index (χ2n) is 7.42. The van der Waals surface area contributed by atoms with Crippen molar-refractivity contribution in [2.75, 3.05) is 13.2 Å². The number of hydrogen-bond acceptors (Lipinski definition) is 3. The standard InChI is InChI=1S/C22H27F3O3/c1-16-19(26-14-4-8-17-6-2-3-7-17)12-13-20(21(16)28-22(23,24)25)27-15-5-9-18-10-11-18/h4-5,8-9,12-13,17-18H,2-3,6-7,10-11,14-15H2,1H3/b8-4+,9-5+. The van der Waals surface area contributed by atoms with Gasteiger partial charge in [-0.25, -0.2) is 0 Å². The molecule has 2 saturated carbocycles. The van der Waals surface area contributed by atoms with Crippen molar-refractivity contribution < 1.29 is 27.4 Å².